The first-order valence-corrected chi connectivity index (χ1v) is 5.56. The van der Waals surface area contributed by atoms with Crippen molar-refractivity contribution in [1.82, 2.24) is 5.32 Å². The standard InChI is InChI=1S/C11H21NO2/c1-4-10(9-5-6-9)14-11(13)7-12-8(2)3/h8-10,12H,4-7H2,1-3H3. The summed E-state index contributed by atoms with van der Waals surface area (Å²) in [4.78, 5) is 11.4. The quantitative estimate of drug-likeness (QED) is 0.662. The Morgan fingerprint density at radius 1 is 1.50 bits per heavy atom. The van der Waals surface area contributed by atoms with Gasteiger partial charge in [0.05, 0.1) is 6.54 Å². The number of ether oxygens (including phenoxy) is 1. The summed E-state index contributed by atoms with van der Waals surface area (Å²) in [5.74, 6) is 0.528. The lowest BCUT2D eigenvalue weighted by atomic mass is 10.2. The predicted octanol–water partition coefficient (Wildman–Crippen LogP) is 1.72. The molecule has 0 heterocycles. The summed E-state index contributed by atoms with van der Waals surface area (Å²) in [5.41, 5.74) is 0. The summed E-state index contributed by atoms with van der Waals surface area (Å²) in [6.07, 6.45) is 3.56. The van der Waals surface area contributed by atoms with E-state index in [2.05, 4.69) is 12.2 Å². The Labute approximate surface area is 86.2 Å². The minimum absolute atomic E-state index is 0.113. The van der Waals surface area contributed by atoms with Crippen LogP contribution < -0.4 is 5.32 Å². The van der Waals surface area contributed by atoms with E-state index < -0.39 is 0 Å². The Morgan fingerprint density at radius 3 is 2.57 bits per heavy atom. The maximum absolute atomic E-state index is 11.4. The highest BCUT2D eigenvalue weighted by atomic mass is 16.5. The van der Waals surface area contributed by atoms with Crippen LogP contribution in [0.25, 0.3) is 0 Å². The lowest BCUT2D eigenvalue weighted by Gasteiger charge is -2.16. The molecular formula is C11H21NO2. The van der Waals surface area contributed by atoms with Gasteiger partial charge >= 0.3 is 5.97 Å². The fourth-order valence-corrected chi connectivity index (χ4v) is 1.48. The smallest absolute Gasteiger partial charge is 0.320 e. The summed E-state index contributed by atoms with van der Waals surface area (Å²) in [6, 6.07) is 0.337. The Bertz CT molecular complexity index is 188. The minimum Gasteiger partial charge on any atom is -0.461 e. The Hall–Kier alpha value is -0.570. The van der Waals surface area contributed by atoms with Crippen LogP contribution in [-0.2, 0) is 9.53 Å². The molecule has 3 nitrogen and oxygen atoms in total. The molecule has 0 aromatic carbocycles. The molecule has 1 N–H and O–H groups in total. The van der Waals surface area contributed by atoms with Gasteiger partial charge in [-0.1, -0.05) is 20.8 Å². The van der Waals surface area contributed by atoms with E-state index in [0.29, 0.717) is 18.5 Å². The SMILES string of the molecule is CCC(OC(=O)CNC(C)C)C1CC1. The van der Waals surface area contributed by atoms with Crippen LogP contribution in [0.4, 0.5) is 0 Å². The molecule has 82 valence electrons. The third-order valence-electron chi connectivity index (χ3n) is 2.49. The van der Waals surface area contributed by atoms with Crippen molar-refractivity contribution in [1.29, 1.82) is 0 Å². The molecule has 0 aromatic heterocycles. The summed E-state index contributed by atoms with van der Waals surface area (Å²) >= 11 is 0. The van der Waals surface area contributed by atoms with Crippen LogP contribution in [0.1, 0.15) is 40.0 Å². The Kier molecular flexibility index (Phi) is 4.39. The van der Waals surface area contributed by atoms with Crippen LogP contribution in [0.3, 0.4) is 0 Å². The number of rotatable bonds is 6. The molecule has 1 rings (SSSR count). The molecule has 1 fully saturated rings. The lowest BCUT2D eigenvalue weighted by Crippen LogP contribution is -2.32. The van der Waals surface area contributed by atoms with Crippen LogP contribution in [-0.4, -0.2) is 24.7 Å². The molecule has 0 aromatic rings. The predicted molar refractivity (Wildman–Crippen MR) is 56.0 cm³/mol. The van der Waals surface area contributed by atoms with E-state index in [1.165, 1.54) is 12.8 Å². The average Bonchev–Trinajstić information content (AvgIpc) is 2.94. The molecule has 1 atom stereocenters. The molecule has 0 bridgehead atoms. The fraction of sp³-hybridized carbons (Fsp3) is 0.909. The van der Waals surface area contributed by atoms with Crippen LogP contribution in [0.15, 0.2) is 0 Å². The van der Waals surface area contributed by atoms with Gasteiger partial charge < -0.3 is 10.1 Å². The van der Waals surface area contributed by atoms with Crippen molar-refractivity contribution < 1.29 is 9.53 Å². The third-order valence-corrected chi connectivity index (χ3v) is 2.49. The molecule has 0 spiro atoms. The highest BCUT2D eigenvalue weighted by molar-refractivity contribution is 5.71. The second-order valence-corrected chi connectivity index (χ2v) is 4.31. The highest BCUT2D eigenvalue weighted by Gasteiger charge is 2.32. The third kappa shape index (κ3) is 4.09. The maximum Gasteiger partial charge on any atom is 0.320 e. The molecule has 1 aliphatic rings. The topological polar surface area (TPSA) is 38.3 Å². The maximum atomic E-state index is 11.4. The molecule has 0 saturated heterocycles. The summed E-state index contributed by atoms with van der Waals surface area (Å²) in [7, 11) is 0. The van der Waals surface area contributed by atoms with Gasteiger partial charge in [0.15, 0.2) is 0 Å². The monoisotopic (exact) mass is 199 g/mol. The van der Waals surface area contributed by atoms with Gasteiger partial charge in [-0.3, -0.25) is 4.79 Å². The number of carbonyl (C=O) groups is 1. The summed E-state index contributed by atoms with van der Waals surface area (Å²) in [5, 5.41) is 3.06. The van der Waals surface area contributed by atoms with Crippen LogP contribution in [0.2, 0.25) is 0 Å². The number of carbonyl (C=O) groups excluding carboxylic acids is 1. The number of hydrogen-bond donors (Lipinski definition) is 1. The molecule has 3 heteroatoms. The van der Waals surface area contributed by atoms with Crippen LogP contribution in [0.5, 0.6) is 0 Å². The van der Waals surface area contributed by atoms with Crippen molar-refractivity contribution in [3.8, 4) is 0 Å². The Morgan fingerprint density at radius 2 is 2.14 bits per heavy atom. The molecule has 1 aliphatic carbocycles. The molecule has 0 aliphatic heterocycles. The second kappa shape index (κ2) is 5.35. The van der Waals surface area contributed by atoms with Crippen molar-refractivity contribution in [3.05, 3.63) is 0 Å². The largest absolute Gasteiger partial charge is 0.461 e. The van der Waals surface area contributed by atoms with Crippen molar-refractivity contribution in [2.75, 3.05) is 6.54 Å². The highest BCUT2D eigenvalue weighted by Crippen LogP contribution is 2.35. The van der Waals surface area contributed by atoms with Gasteiger partial charge in [0.2, 0.25) is 0 Å². The molecular weight excluding hydrogens is 178 g/mol. The minimum atomic E-state index is -0.113. The fourth-order valence-electron chi connectivity index (χ4n) is 1.48. The molecule has 0 amide bonds. The van der Waals surface area contributed by atoms with Crippen molar-refractivity contribution in [3.63, 3.8) is 0 Å². The zero-order valence-electron chi connectivity index (χ0n) is 9.38. The number of nitrogens with one attached hydrogen (secondary N) is 1. The van der Waals surface area contributed by atoms with Gasteiger partial charge in [-0.2, -0.15) is 0 Å². The van der Waals surface area contributed by atoms with E-state index in [4.69, 9.17) is 4.74 Å². The summed E-state index contributed by atoms with van der Waals surface area (Å²) < 4.78 is 5.37. The van der Waals surface area contributed by atoms with Gasteiger partial charge in [-0.05, 0) is 25.2 Å². The number of hydrogen-bond acceptors (Lipinski definition) is 3. The number of esters is 1. The van der Waals surface area contributed by atoms with Gasteiger partial charge in [0.25, 0.3) is 0 Å². The first-order valence-electron chi connectivity index (χ1n) is 5.56. The van der Waals surface area contributed by atoms with Gasteiger partial charge in [-0.15, -0.1) is 0 Å². The molecule has 14 heavy (non-hydrogen) atoms. The zero-order valence-corrected chi connectivity index (χ0v) is 9.38. The Balaban J connectivity index is 2.17. The average molecular weight is 199 g/mol. The van der Waals surface area contributed by atoms with E-state index in [9.17, 15) is 4.79 Å². The van der Waals surface area contributed by atoms with E-state index in [1.807, 2.05) is 13.8 Å². The van der Waals surface area contributed by atoms with Gasteiger partial charge in [-0.25, -0.2) is 0 Å². The van der Waals surface area contributed by atoms with Crippen molar-refractivity contribution in [2.45, 2.75) is 52.2 Å². The van der Waals surface area contributed by atoms with Crippen molar-refractivity contribution >= 4 is 5.97 Å². The first kappa shape index (κ1) is 11.5. The molecule has 1 saturated carbocycles. The van der Waals surface area contributed by atoms with E-state index in [0.717, 1.165) is 6.42 Å². The van der Waals surface area contributed by atoms with Gasteiger partial charge in [0, 0.05) is 6.04 Å². The molecule has 0 radical (unpaired) electrons. The first-order chi connectivity index (χ1) is 6.63. The van der Waals surface area contributed by atoms with Crippen molar-refractivity contribution in [2.24, 2.45) is 5.92 Å². The summed E-state index contributed by atoms with van der Waals surface area (Å²) in [6.45, 7) is 6.45. The second-order valence-electron chi connectivity index (χ2n) is 4.31. The zero-order chi connectivity index (χ0) is 10.6. The van der Waals surface area contributed by atoms with E-state index in [-0.39, 0.29) is 12.1 Å². The van der Waals surface area contributed by atoms with Gasteiger partial charge in [0.1, 0.15) is 6.10 Å². The van der Waals surface area contributed by atoms with Crippen LogP contribution in [0, 0.1) is 5.92 Å². The molecule has 1 unspecified atom stereocenters. The van der Waals surface area contributed by atoms with E-state index in [1.54, 1.807) is 0 Å². The van der Waals surface area contributed by atoms with Crippen LogP contribution >= 0.6 is 0 Å². The normalized spacial score (nSPS) is 18.3. The van der Waals surface area contributed by atoms with E-state index >= 15 is 0 Å². The lowest BCUT2D eigenvalue weighted by molar-refractivity contribution is -0.149.